The molecule has 0 radical (unpaired) electrons. The van der Waals surface area contributed by atoms with Crippen LogP contribution >= 0.6 is 0 Å². The summed E-state index contributed by atoms with van der Waals surface area (Å²) in [7, 11) is -3.93. The zero-order valence-electron chi connectivity index (χ0n) is 17.2. The molecule has 5 nitrogen and oxygen atoms in total. The van der Waals surface area contributed by atoms with E-state index in [9.17, 15) is 9.90 Å². The summed E-state index contributed by atoms with van der Waals surface area (Å²) < 4.78 is 17.2. The molecule has 0 amide bonds. The van der Waals surface area contributed by atoms with Crippen LogP contribution in [0.3, 0.4) is 0 Å². The molecule has 144 valence electrons. The van der Waals surface area contributed by atoms with Crippen molar-refractivity contribution in [2.24, 2.45) is 0 Å². The molecular weight excluding hydrogens is 340 g/mol. The maximum absolute atomic E-state index is 10.8. The second-order valence-corrected chi connectivity index (χ2v) is 19.1. The number of rotatable bonds is 9. The highest BCUT2D eigenvalue weighted by atomic mass is 28.4. The van der Waals surface area contributed by atoms with Gasteiger partial charge in [-0.05, 0) is 36.3 Å². The number of aliphatic hydroxyl groups is 1. The van der Waals surface area contributed by atoms with Gasteiger partial charge in [0.05, 0.1) is 13.2 Å². The van der Waals surface area contributed by atoms with Crippen molar-refractivity contribution in [3.63, 3.8) is 0 Å². The molecular formula is C17H38O5Si2. The Balaban J connectivity index is 4.80. The Morgan fingerprint density at radius 1 is 0.875 bits per heavy atom. The van der Waals surface area contributed by atoms with Gasteiger partial charge in [0.2, 0.25) is 0 Å². The average molecular weight is 379 g/mol. The van der Waals surface area contributed by atoms with E-state index in [-0.39, 0.29) is 23.3 Å². The van der Waals surface area contributed by atoms with Crippen molar-refractivity contribution in [1.82, 2.24) is 0 Å². The number of hydrogen-bond acceptors (Lipinski definition) is 5. The molecule has 0 bridgehead atoms. The highest BCUT2D eigenvalue weighted by Crippen LogP contribution is 2.37. The Labute approximate surface area is 150 Å². The summed E-state index contributed by atoms with van der Waals surface area (Å²) in [6.07, 6.45) is -1.60. The summed E-state index contributed by atoms with van der Waals surface area (Å²) in [6, 6.07) is 0. The first-order valence-corrected chi connectivity index (χ1v) is 14.4. The normalized spacial score (nSPS) is 16.6. The van der Waals surface area contributed by atoms with Gasteiger partial charge in [-0.1, -0.05) is 41.5 Å². The van der Waals surface area contributed by atoms with Crippen LogP contribution in [0.1, 0.15) is 41.5 Å². The van der Waals surface area contributed by atoms with Crippen LogP contribution in [-0.4, -0.2) is 53.6 Å². The molecule has 0 aromatic heterocycles. The molecule has 0 fully saturated rings. The van der Waals surface area contributed by atoms with E-state index in [1.54, 1.807) is 0 Å². The van der Waals surface area contributed by atoms with Gasteiger partial charge in [0.15, 0.2) is 22.7 Å². The van der Waals surface area contributed by atoms with Crippen LogP contribution in [0.2, 0.25) is 36.3 Å². The lowest BCUT2D eigenvalue weighted by atomic mass is 10.2. The minimum absolute atomic E-state index is 0.0569. The highest BCUT2D eigenvalue weighted by molar-refractivity contribution is 6.74. The van der Waals surface area contributed by atoms with Gasteiger partial charge in [0.25, 0.3) is 6.47 Å². The van der Waals surface area contributed by atoms with Gasteiger partial charge >= 0.3 is 0 Å². The standard InChI is InChI=1S/C17H38O5Si2/c1-16(2,3)23(7,8)21-11-14(19)15(20-13-18)12-22-24(9,10)17(4,5)6/h13-15,19H,11-12H2,1-10H3/t14-,15-/m1/s1. The van der Waals surface area contributed by atoms with Gasteiger partial charge in [0, 0.05) is 0 Å². The maximum atomic E-state index is 10.8. The third-order valence-electron chi connectivity index (χ3n) is 5.50. The first-order valence-electron chi connectivity index (χ1n) is 8.60. The quantitative estimate of drug-likeness (QED) is 0.486. The van der Waals surface area contributed by atoms with E-state index in [0.29, 0.717) is 6.47 Å². The van der Waals surface area contributed by atoms with Crippen LogP contribution in [0.25, 0.3) is 0 Å². The van der Waals surface area contributed by atoms with E-state index in [4.69, 9.17) is 13.6 Å². The van der Waals surface area contributed by atoms with Crippen molar-refractivity contribution in [2.75, 3.05) is 13.2 Å². The summed E-state index contributed by atoms with van der Waals surface area (Å²) in [5.74, 6) is 0. The molecule has 0 aromatic carbocycles. The summed E-state index contributed by atoms with van der Waals surface area (Å²) in [5.41, 5.74) is 0. The predicted octanol–water partition coefficient (Wildman–Crippen LogP) is 3.93. The van der Waals surface area contributed by atoms with Crippen molar-refractivity contribution < 1.29 is 23.5 Å². The molecule has 0 saturated heterocycles. The monoisotopic (exact) mass is 378 g/mol. The van der Waals surface area contributed by atoms with E-state index in [1.165, 1.54) is 0 Å². The van der Waals surface area contributed by atoms with E-state index in [0.717, 1.165) is 0 Å². The first kappa shape index (κ1) is 23.8. The topological polar surface area (TPSA) is 65.0 Å². The second-order valence-electron chi connectivity index (χ2n) is 9.48. The first-order chi connectivity index (χ1) is 10.5. The molecule has 7 heteroatoms. The van der Waals surface area contributed by atoms with E-state index in [2.05, 4.69) is 67.7 Å². The summed E-state index contributed by atoms with van der Waals surface area (Å²) in [4.78, 5) is 10.8. The van der Waals surface area contributed by atoms with Gasteiger partial charge < -0.3 is 18.7 Å². The van der Waals surface area contributed by atoms with Crippen molar-refractivity contribution in [2.45, 2.75) is 90.0 Å². The van der Waals surface area contributed by atoms with Crippen molar-refractivity contribution in [3.05, 3.63) is 0 Å². The van der Waals surface area contributed by atoms with Crippen LogP contribution < -0.4 is 0 Å². The Bertz CT molecular complexity index is 397. The van der Waals surface area contributed by atoms with Gasteiger partial charge in [0.1, 0.15) is 6.10 Å². The largest absolute Gasteiger partial charge is 0.459 e. The zero-order chi connectivity index (χ0) is 19.4. The lowest BCUT2D eigenvalue weighted by Crippen LogP contribution is -2.48. The molecule has 0 aromatic rings. The van der Waals surface area contributed by atoms with Crippen molar-refractivity contribution in [1.29, 1.82) is 0 Å². The Morgan fingerprint density at radius 2 is 1.25 bits per heavy atom. The lowest BCUT2D eigenvalue weighted by molar-refractivity contribution is -0.143. The Hall–Kier alpha value is -0.216. The van der Waals surface area contributed by atoms with Gasteiger partial charge in [-0.2, -0.15) is 0 Å². The van der Waals surface area contributed by atoms with Crippen LogP contribution in [0.4, 0.5) is 0 Å². The fraction of sp³-hybridized carbons (Fsp3) is 0.941. The van der Waals surface area contributed by atoms with Crippen LogP contribution in [0.15, 0.2) is 0 Å². The molecule has 0 saturated carbocycles. The molecule has 0 rings (SSSR count). The summed E-state index contributed by atoms with van der Waals surface area (Å²) >= 11 is 0. The minimum atomic E-state index is -1.97. The molecule has 1 N–H and O–H groups in total. The SMILES string of the molecule is CC(C)(C)[Si](C)(C)OC[C@@H](O)[C@@H](CO[Si](C)(C)C(C)(C)C)OC=O. The van der Waals surface area contributed by atoms with Gasteiger partial charge in [-0.3, -0.25) is 4.79 Å². The number of carbonyl (C=O) groups is 1. The average Bonchev–Trinajstić information content (AvgIpc) is 2.38. The van der Waals surface area contributed by atoms with E-state index < -0.39 is 28.8 Å². The van der Waals surface area contributed by atoms with E-state index in [1.807, 2.05) is 0 Å². The third kappa shape index (κ3) is 6.95. The van der Waals surface area contributed by atoms with Crippen LogP contribution in [0.5, 0.6) is 0 Å². The molecule has 0 aliphatic carbocycles. The zero-order valence-corrected chi connectivity index (χ0v) is 19.2. The third-order valence-corrected chi connectivity index (χ3v) is 14.5. The van der Waals surface area contributed by atoms with Crippen LogP contribution in [-0.2, 0) is 18.4 Å². The number of ether oxygens (including phenoxy) is 1. The van der Waals surface area contributed by atoms with E-state index >= 15 is 0 Å². The summed E-state index contributed by atoms with van der Waals surface area (Å²) in [5, 5.41) is 10.5. The number of aliphatic hydroxyl groups excluding tert-OH is 1. The smallest absolute Gasteiger partial charge is 0.293 e. The molecule has 2 atom stereocenters. The highest BCUT2D eigenvalue weighted by Gasteiger charge is 2.40. The fourth-order valence-electron chi connectivity index (χ4n) is 1.44. The Morgan fingerprint density at radius 3 is 1.58 bits per heavy atom. The van der Waals surface area contributed by atoms with Crippen LogP contribution in [0, 0.1) is 0 Å². The minimum Gasteiger partial charge on any atom is -0.459 e. The predicted molar refractivity (Wildman–Crippen MR) is 103 cm³/mol. The maximum Gasteiger partial charge on any atom is 0.293 e. The molecule has 0 unspecified atom stereocenters. The number of hydrogen-bond donors (Lipinski definition) is 1. The molecule has 0 spiro atoms. The molecule has 0 aliphatic heterocycles. The van der Waals surface area contributed by atoms with Crippen molar-refractivity contribution >= 4 is 23.1 Å². The van der Waals surface area contributed by atoms with Gasteiger partial charge in [-0.15, -0.1) is 0 Å². The summed E-state index contributed by atoms with van der Waals surface area (Å²) in [6.45, 7) is 22.1. The second kappa shape index (κ2) is 8.44. The molecule has 0 aliphatic rings. The lowest BCUT2D eigenvalue weighted by Gasteiger charge is -2.39. The fourth-order valence-corrected chi connectivity index (χ4v) is 3.47. The Kier molecular flexibility index (Phi) is 8.37. The number of carbonyl (C=O) groups excluding carboxylic acids is 1. The van der Waals surface area contributed by atoms with Gasteiger partial charge in [-0.25, -0.2) is 0 Å². The molecule has 0 heterocycles. The van der Waals surface area contributed by atoms with Crippen molar-refractivity contribution in [3.8, 4) is 0 Å². The molecule has 24 heavy (non-hydrogen) atoms.